The molecular weight excluding hydrogens is 146 g/mol. The van der Waals surface area contributed by atoms with E-state index in [4.69, 9.17) is 0 Å². The minimum Gasteiger partial charge on any atom is -0.548 e. The Hall–Kier alpha value is -1.19. The molecule has 0 atom stereocenters. The maximum Gasteiger partial charge on any atom is 0.135 e. The maximum absolute atomic E-state index is 10.5. The lowest BCUT2D eigenvalue weighted by molar-refractivity contribution is -0.303. The minimum absolute atomic E-state index is 0.0235. The van der Waals surface area contributed by atoms with E-state index in [0.29, 0.717) is 5.71 Å². The molecule has 62 valence electrons. The Kier molecular flexibility index (Phi) is 4.10. The van der Waals surface area contributed by atoms with Gasteiger partial charge in [0.15, 0.2) is 0 Å². The van der Waals surface area contributed by atoms with Crippen molar-refractivity contribution >= 4 is 17.5 Å². The third kappa shape index (κ3) is 6.70. The second-order valence-electron chi connectivity index (χ2n) is 2.30. The number of rotatable bonds is 4. The molecule has 0 amide bonds. The molecule has 0 aliphatic carbocycles. The van der Waals surface area contributed by atoms with E-state index in [-0.39, 0.29) is 18.7 Å². The van der Waals surface area contributed by atoms with E-state index in [2.05, 4.69) is 4.99 Å². The molecule has 11 heavy (non-hydrogen) atoms. The van der Waals surface area contributed by atoms with Crippen LogP contribution in [0.5, 0.6) is 0 Å². The molecule has 0 saturated carbocycles. The summed E-state index contributed by atoms with van der Waals surface area (Å²) in [6, 6.07) is 0. The smallest absolute Gasteiger partial charge is 0.135 e. The molecule has 0 N–H and O–H groups in total. The molecular formula is C7H10NO3-. The minimum atomic E-state index is -1.23. The molecule has 0 aliphatic heterocycles. The number of aliphatic carboxylic acids is 1. The number of hydrogen-bond acceptors (Lipinski definition) is 4. The number of nitrogens with zero attached hydrogens (tertiary/aromatic N) is 1. The van der Waals surface area contributed by atoms with Gasteiger partial charge in [-0.2, -0.15) is 0 Å². The van der Waals surface area contributed by atoms with E-state index in [1.807, 2.05) is 0 Å². The molecule has 0 rings (SSSR count). The summed E-state index contributed by atoms with van der Waals surface area (Å²) in [5.74, 6) is -1.25. The van der Waals surface area contributed by atoms with Crippen molar-refractivity contribution in [3.63, 3.8) is 0 Å². The van der Waals surface area contributed by atoms with Crippen molar-refractivity contribution in [2.45, 2.75) is 20.3 Å². The SMILES string of the molecule is CC(=O)CC(C)=NCC(=O)[O-]. The summed E-state index contributed by atoms with van der Waals surface area (Å²) in [6.45, 7) is 2.68. The van der Waals surface area contributed by atoms with Gasteiger partial charge in [-0.05, 0) is 13.8 Å². The number of carboxylic acid groups (broad SMARTS) is 1. The van der Waals surface area contributed by atoms with E-state index in [1.54, 1.807) is 6.92 Å². The molecule has 0 aromatic heterocycles. The Morgan fingerprint density at radius 2 is 1.91 bits per heavy atom. The highest BCUT2D eigenvalue weighted by atomic mass is 16.4. The van der Waals surface area contributed by atoms with Crippen molar-refractivity contribution in [3.8, 4) is 0 Å². The average molecular weight is 156 g/mol. The van der Waals surface area contributed by atoms with Crippen LogP contribution in [-0.2, 0) is 9.59 Å². The molecule has 0 aromatic carbocycles. The first-order valence-electron chi connectivity index (χ1n) is 3.21. The zero-order valence-electron chi connectivity index (χ0n) is 6.59. The van der Waals surface area contributed by atoms with Crippen LogP contribution in [0.15, 0.2) is 4.99 Å². The lowest BCUT2D eigenvalue weighted by Gasteiger charge is -1.98. The standard InChI is InChI=1S/C7H11NO3/c1-5(3-6(2)9)8-4-7(10)11/h3-4H2,1-2H3,(H,10,11)/p-1. The molecule has 0 fully saturated rings. The molecule has 0 aliphatic rings. The van der Waals surface area contributed by atoms with Crippen LogP contribution in [0.3, 0.4) is 0 Å². The number of Topliss-reactive ketones (excluding diaryl/α,β-unsaturated/α-hetero) is 1. The molecule has 0 aromatic rings. The number of carbonyl (C=O) groups excluding carboxylic acids is 2. The van der Waals surface area contributed by atoms with Crippen LogP contribution >= 0.6 is 0 Å². The van der Waals surface area contributed by atoms with E-state index in [0.717, 1.165) is 0 Å². The highest BCUT2D eigenvalue weighted by molar-refractivity contribution is 6.00. The van der Waals surface area contributed by atoms with Crippen LogP contribution in [-0.4, -0.2) is 24.0 Å². The first kappa shape index (κ1) is 9.81. The summed E-state index contributed by atoms with van der Waals surface area (Å²) in [6.07, 6.45) is 0.216. The first-order chi connectivity index (χ1) is 5.02. The highest BCUT2D eigenvalue weighted by Gasteiger charge is 1.95. The number of carbonyl (C=O) groups is 2. The fraction of sp³-hybridized carbons (Fsp3) is 0.571. The van der Waals surface area contributed by atoms with Gasteiger partial charge in [0.05, 0.1) is 12.5 Å². The molecule has 0 saturated heterocycles. The van der Waals surface area contributed by atoms with Crippen LogP contribution in [0.25, 0.3) is 0 Å². The topological polar surface area (TPSA) is 69.6 Å². The Morgan fingerprint density at radius 1 is 1.36 bits per heavy atom. The van der Waals surface area contributed by atoms with Gasteiger partial charge in [0, 0.05) is 12.1 Å². The lowest BCUT2D eigenvalue weighted by Crippen LogP contribution is -2.25. The van der Waals surface area contributed by atoms with Gasteiger partial charge in [-0.25, -0.2) is 0 Å². The zero-order valence-corrected chi connectivity index (χ0v) is 6.59. The number of carboxylic acids is 1. The summed E-state index contributed by atoms with van der Waals surface area (Å²) in [7, 11) is 0. The Bertz CT molecular complexity index is 196. The van der Waals surface area contributed by atoms with Crippen molar-refractivity contribution in [1.29, 1.82) is 0 Å². The van der Waals surface area contributed by atoms with Crippen LogP contribution in [0.4, 0.5) is 0 Å². The molecule has 0 bridgehead atoms. The summed E-state index contributed by atoms with van der Waals surface area (Å²) in [5, 5.41) is 9.89. The van der Waals surface area contributed by atoms with Gasteiger partial charge in [-0.3, -0.25) is 9.79 Å². The van der Waals surface area contributed by atoms with Crippen molar-refractivity contribution in [2.24, 2.45) is 4.99 Å². The highest BCUT2D eigenvalue weighted by Crippen LogP contribution is 1.87. The fourth-order valence-corrected chi connectivity index (χ4v) is 0.616. The number of aliphatic imine (C=N–C) groups is 1. The quantitative estimate of drug-likeness (QED) is 0.499. The molecule has 4 heteroatoms. The van der Waals surface area contributed by atoms with Gasteiger partial charge < -0.3 is 9.90 Å². The van der Waals surface area contributed by atoms with E-state index >= 15 is 0 Å². The van der Waals surface area contributed by atoms with Crippen molar-refractivity contribution in [1.82, 2.24) is 0 Å². The summed E-state index contributed by atoms with van der Waals surface area (Å²) < 4.78 is 0. The second kappa shape index (κ2) is 4.60. The van der Waals surface area contributed by atoms with Gasteiger partial charge >= 0.3 is 0 Å². The Morgan fingerprint density at radius 3 is 2.27 bits per heavy atom. The molecule has 4 nitrogen and oxygen atoms in total. The maximum atomic E-state index is 10.5. The summed E-state index contributed by atoms with van der Waals surface area (Å²) in [5.41, 5.74) is 0.529. The van der Waals surface area contributed by atoms with Gasteiger partial charge in [-0.15, -0.1) is 0 Å². The monoisotopic (exact) mass is 156 g/mol. The Balaban J connectivity index is 3.81. The third-order valence-corrected chi connectivity index (χ3v) is 0.983. The predicted molar refractivity (Wildman–Crippen MR) is 38.3 cm³/mol. The van der Waals surface area contributed by atoms with Crippen LogP contribution in [0.1, 0.15) is 20.3 Å². The molecule has 0 radical (unpaired) electrons. The number of hydrogen-bond donors (Lipinski definition) is 0. The van der Waals surface area contributed by atoms with Gasteiger partial charge in [0.25, 0.3) is 0 Å². The molecule has 0 spiro atoms. The van der Waals surface area contributed by atoms with Crippen molar-refractivity contribution < 1.29 is 14.7 Å². The first-order valence-corrected chi connectivity index (χ1v) is 3.21. The molecule has 0 unspecified atom stereocenters. The van der Waals surface area contributed by atoms with Crippen LogP contribution in [0.2, 0.25) is 0 Å². The van der Waals surface area contributed by atoms with E-state index in [1.165, 1.54) is 6.92 Å². The lowest BCUT2D eigenvalue weighted by atomic mass is 10.2. The number of ketones is 1. The van der Waals surface area contributed by atoms with E-state index < -0.39 is 5.97 Å². The van der Waals surface area contributed by atoms with Gasteiger partial charge in [-0.1, -0.05) is 0 Å². The summed E-state index contributed by atoms with van der Waals surface area (Å²) >= 11 is 0. The second-order valence-corrected chi connectivity index (χ2v) is 2.30. The largest absolute Gasteiger partial charge is 0.548 e. The normalized spacial score (nSPS) is 11.3. The zero-order chi connectivity index (χ0) is 8.85. The van der Waals surface area contributed by atoms with Gasteiger partial charge in [0.1, 0.15) is 5.78 Å². The Labute approximate surface area is 64.9 Å². The van der Waals surface area contributed by atoms with Crippen LogP contribution < -0.4 is 5.11 Å². The van der Waals surface area contributed by atoms with Crippen LogP contribution in [0, 0.1) is 0 Å². The van der Waals surface area contributed by atoms with Crippen molar-refractivity contribution in [2.75, 3.05) is 6.54 Å². The fourth-order valence-electron chi connectivity index (χ4n) is 0.616. The van der Waals surface area contributed by atoms with E-state index in [9.17, 15) is 14.7 Å². The predicted octanol–water partition coefficient (Wildman–Crippen LogP) is -0.824. The summed E-state index contributed by atoms with van der Waals surface area (Å²) in [4.78, 5) is 23.9. The van der Waals surface area contributed by atoms with Crippen molar-refractivity contribution in [3.05, 3.63) is 0 Å². The third-order valence-electron chi connectivity index (χ3n) is 0.983. The molecule has 0 heterocycles. The average Bonchev–Trinajstić information content (AvgIpc) is 1.82. The van der Waals surface area contributed by atoms with Gasteiger partial charge in [0.2, 0.25) is 0 Å².